The highest BCUT2D eigenvalue weighted by molar-refractivity contribution is 5.94. The van der Waals surface area contributed by atoms with Crippen LogP contribution in [0, 0.1) is 19.7 Å². The number of rotatable bonds is 0. The number of fused-ring (bicyclic) bond motifs is 1. The minimum absolute atomic E-state index is 0.320. The van der Waals surface area contributed by atoms with E-state index in [1.807, 2.05) is 6.92 Å². The molecule has 1 aromatic carbocycles. The summed E-state index contributed by atoms with van der Waals surface area (Å²) in [6.45, 7) is 3.61. The molecule has 0 aliphatic carbocycles. The van der Waals surface area contributed by atoms with Crippen molar-refractivity contribution in [1.29, 1.82) is 0 Å². The van der Waals surface area contributed by atoms with E-state index in [0.29, 0.717) is 16.6 Å². The van der Waals surface area contributed by atoms with Crippen molar-refractivity contribution in [2.24, 2.45) is 0 Å². The van der Waals surface area contributed by atoms with Gasteiger partial charge in [-0.3, -0.25) is 5.10 Å². The van der Waals surface area contributed by atoms with Crippen LogP contribution in [0.15, 0.2) is 6.07 Å². The summed E-state index contributed by atoms with van der Waals surface area (Å²) in [7, 11) is 0. The molecule has 0 bridgehead atoms. The molecule has 1 heterocycles. The first kappa shape index (κ1) is 8.04. The van der Waals surface area contributed by atoms with Gasteiger partial charge in [0.1, 0.15) is 5.52 Å². The van der Waals surface area contributed by atoms with E-state index in [1.54, 1.807) is 6.92 Å². The quantitative estimate of drug-likeness (QED) is 0.607. The van der Waals surface area contributed by atoms with E-state index in [4.69, 9.17) is 5.73 Å². The fraction of sp³-hybridized carbons (Fsp3) is 0.222. The Hall–Kier alpha value is -1.58. The Morgan fingerprint density at radius 2 is 2.15 bits per heavy atom. The number of aromatic amines is 1. The standard InChI is InChI=1S/C9H10FN3/c1-4-3-6(10)9-7(8(4)11)5(2)12-13-9/h3H,11H2,1-2H3,(H,12,13). The molecule has 0 aliphatic heterocycles. The molecule has 3 nitrogen and oxygen atoms in total. The maximum absolute atomic E-state index is 13.3. The first-order valence-corrected chi connectivity index (χ1v) is 4.00. The number of nitrogens with two attached hydrogens (primary N) is 1. The van der Waals surface area contributed by atoms with Gasteiger partial charge in [0.05, 0.1) is 0 Å². The third-order valence-corrected chi connectivity index (χ3v) is 2.21. The topological polar surface area (TPSA) is 54.7 Å². The summed E-state index contributed by atoms with van der Waals surface area (Å²) < 4.78 is 13.3. The number of benzene rings is 1. The molecule has 0 amide bonds. The molecule has 0 unspecified atom stereocenters. The number of anilines is 1. The van der Waals surface area contributed by atoms with E-state index in [9.17, 15) is 4.39 Å². The van der Waals surface area contributed by atoms with E-state index in [1.165, 1.54) is 6.07 Å². The van der Waals surface area contributed by atoms with E-state index < -0.39 is 0 Å². The Kier molecular flexibility index (Phi) is 1.52. The number of aromatic nitrogens is 2. The first-order valence-electron chi connectivity index (χ1n) is 4.00. The predicted molar refractivity (Wildman–Crippen MR) is 49.9 cm³/mol. The van der Waals surface area contributed by atoms with Gasteiger partial charge >= 0.3 is 0 Å². The van der Waals surface area contributed by atoms with Gasteiger partial charge in [-0.25, -0.2) is 4.39 Å². The van der Waals surface area contributed by atoms with Gasteiger partial charge in [-0.15, -0.1) is 0 Å². The number of halogens is 1. The molecule has 0 aliphatic rings. The first-order chi connectivity index (χ1) is 6.11. The highest BCUT2D eigenvalue weighted by Crippen LogP contribution is 2.27. The van der Waals surface area contributed by atoms with Crippen LogP contribution in [-0.2, 0) is 0 Å². The lowest BCUT2D eigenvalue weighted by Gasteiger charge is -2.02. The Morgan fingerprint density at radius 1 is 1.46 bits per heavy atom. The van der Waals surface area contributed by atoms with Crippen molar-refractivity contribution in [3.63, 3.8) is 0 Å². The minimum atomic E-state index is -0.328. The zero-order chi connectivity index (χ0) is 9.59. The van der Waals surface area contributed by atoms with Gasteiger partial charge in [0, 0.05) is 16.8 Å². The number of hydrogen-bond donors (Lipinski definition) is 2. The molecule has 0 spiro atoms. The van der Waals surface area contributed by atoms with E-state index in [0.717, 1.165) is 11.3 Å². The molecular formula is C9H10FN3. The SMILES string of the molecule is Cc1cc(F)c2n[nH]c(C)c2c1N. The largest absolute Gasteiger partial charge is 0.398 e. The second kappa shape index (κ2) is 2.45. The summed E-state index contributed by atoms with van der Waals surface area (Å²) in [6.07, 6.45) is 0. The third-order valence-electron chi connectivity index (χ3n) is 2.21. The minimum Gasteiger partial charge on any atom is -0.398 e. The number of hydrogen-bond acceptors (Lipinski definition) is 2. The van der Waals surface area contributed by atoms with Crippen LogP contribution in [0.5, 0.6) is 0 Å². The van der Waals surface area contributed by atoms with E-state index in [2.05, 4.69) is 10.2 Å². The van der Waals surface area contributed by atoms with Gasteiger partial charge in [-0.1, -0.05) is 0 Å². The summed E-state index contributed by atoms with van der Waals surface area (Å²) in [5.41, 5.74) is 8.27. The van der Waals surface area contributed by atoms with Crippen molar-refractivity contribution in [1.82, 2.24) is 10.2 Å². The number of nitrogen functional groups attached to an aromatic ring is 1. The van der Waals surface area contributed by atoms with Gasteiger partial charge in [-0.2, -0.15) is 5.10 Å². The summed E-state index contributed by atoms with van der Waals surface area (Å²) >= 11 is 0. The molecule has 0 saturated carbocycles. The summed E-state index contributed by atoms with van der Waals surface area (Å²) in [4.78, 5) is 0. The van der Waals surface area contributed by atoms with E-state index >= 15 is 0 Å². The molecule has 0 radical (unpaired) electrons. The van der Waals surface area contributed by atoms with Crippen LogP contribution in [0.1, 0.15) is 11.3 Å². The lowest BCUT2D eigenvalue weighted by atomic mass is 10.1. The van der Waals surface area contributed by atoms with Crippen LogP contribution in [0.4, 0.5) is 10.1 Å². The van der Waals surface area contributed by atoms with Gasteiger partial charge in [-0.05, 0) is 25.5 Å². The number of H-pyrrole nitrogens is 1. The highest BCUT2D eigenvalue weighted by Gasteiger charge is 2.11. The molecule has 3 N–H and O–H groups in total. The lowest BCUT2D eigenvalue weighted by Crippen LogP contribution is -1.93. The summed E-state index contributed by atoms with van der Waals surface area (Å²) in [6, 6.07) is 1.40. The Morgan fingerprint density at radius 3 is 2.85 bits per heavy atom. The highest BCUT2D eigenvalue weighted by atomic mass is 19.1. The second-order valence-corrected chi connectivity index (χ2v) is 3.16. The van der Waals surface area contributed by atoms with Crippen molar-refractivity contribution < 1.29 is 4.39 Å². The fourth-order valence-corrected chi connectivity index (χ4v) is 1.46. The van der Waals surface area contributed by atoms with Crippen molar-refractivity contribution in [2.45, 2.75) is 13.8 Å². The zero-order valence-corrected chi connectivity index (χ0v) is 7.48. The van der Waals surface area contributed by atoms with Crippen LogP contribution in [0.25, 0.3) is 10.9 Å². The number of nitrogens with one attached hydrogen (secondary N) is 1. The summed E-state index contributed by atoms with van der Waals surface area (Å²) in [5.74, 6) is -0.328. The van der Waals surface area contributed by atoms with Crippen molar-refractivity contribution in [3.05, 3.63) is 23.1 Å². The van der Waals surface area contributed by atoms with Gasteiger partial charge in [0.15, 0.2) is 5.82 Å². The van der Waals surface area contributed by atoms with Crippen LogP contribution < -0.4 is 5.73 Å². The number of nitrogens with zero attached hydrogens (tertiary/aromatic N) is 1. The molecule has 13 heavy (non-hydrogen) atoms. The van der Waals surface area contributed by atoms with Crippen LogP contribution >= 0.6 is 0 Å². The van der Waals surface area contributed by atoms with Gasteiger partial charge < -0.3 is 5.73 Å². The zero-order valence-electron chi connectivity index (χ0n) is 7.48. The smallest absolute Gasteiger partial charge is 0.151 e. The predicted octanol–water partition coefficient (Wildman–Crippen LogP) is 1.90. The number of aryl methyl sites for hydroxylation is 2. The normalized spacial score (nSPS) is 11.0. The maximum Gasteiger partial charge on any atom is 0.151 e. The van der Waals surface area contributed by atoms with Crippen molar-refractivity contribution >= 4 is 16.6 Å². The average molecular weight is 179 g/mol. The molecule has 2 rings (SSSR count). The summed E-state index contributed by atoms with van der Waals surface area (Å²) in [5, 5.41) is 7.25. The molecule has 0 atom stereocenters. The Labute approximate surface area is 74.7 Å². The lowest BCUT2D eigenvalue weighted by molar-refractivity contribution is 0.635. The molecule has 0 saturated heterocycles. The molecule has 1 aromatic heterocycles. The Balaban J connectivity index is 3.00. The van der Waals surface area contributed by atoms with E-state index in [-0.39, 0.29) is 5.82 Å². The average Bonchev–Trinajstić information content (AvgIpc) is 2.44. The Bertz CT molecular complexity index is 473. The van der Waals surface area contributed by atoms with Crippen LogP contribution in [0.2, 0.25) is 0 Å². The third kappa shape index (κ3) is 0.983. The van der Waals surface area contributed by atoms with Gasteiger partial charge in [0.2, 0.25) is 0 Å². The van der Waals surface area contributed by atoms with Crippen molar-refractivity contribution in [2.75, 3.05) is 5.73 Å². The van der Waals surface area contributed by atoms with Crippen molar-refractivity contribution in [3.8, 4) is 0 Å². The molecular weight excluding hydrogens is 169 g/mol. The maximum atomic E-state index is 13.3. The van der Waals surface area contributed by atoms with Crippen LogP contribution in [-0.4, -0.2) is 10.2 Å². The second-order valence-electron chi connectivity index (χ2n) is 3.16. The van der Waals surface area contributed by atoms with Crippen LogP contribution in [0.3, 0.4) is 0 Å². The van der Waals surface area contributed by atoms with Gasteiger partial charge in [0.25, 0.3) is 0 Å². The molecule has 68 valence electrons. The monoisotopic (exact) mass is 179 g/mol. The molecule has 0 fully saturated rings. The molecule has 4 heteroatoms. The fourth-order valence-electron chi connectivity index (χ4n) is 1.46. The molecule has 2 aromatic rings.